The highest BCUT2D eigenvalue weighted by Gasteiger charge is 2.30. The topological polar surface area (TPSA) is 223 Å². The molecule has 2 aromatic carbocycles. The zero-order chi connectivity index (χ0) is 30.9. The fourth-order valence-electron chi connectivity index (χ4n) is 4.35. The number of rotatable bonds is 19. The molecule has 2 rings (SSSR count). The van der Waals surface area contributed by atoms with Crippen LogP contribution in [0.15, 0.2) is 54.6 Å². The lowest BCUT2D eigenvalue weighted by molar-refractivity contribution is -0.142. The second kappa shape index (κ2) is 18.4. The van der Waals surface area contributed by atoms with E-state index in [-0.39, 0.29) is 25.0 Å². The molecule has 0 aromatic heterocycles. The van der Waals surface area contributed by atoms with Gasteiger partial charge in [0.2, 0.25) is 17.7 Å². The Balaban J connectivity index is 2.27. The Bertz CT molecular complexity index is 1130. The van der Waals surface area contributed by atoms with Gasteiger partial charge in [-0.05, 0) is 68.5 Å². The number of aromatic hydroxyl groups is 1. The van der Waals surface area contributed by atoms with Crippen molar-refractivity contribution in [2.45, 2.75) is 75.5 Å². The van der Waals surface area contributed by atoms with Gasteiger partial charge in [-0.3, -0.25) is 14.4 Å². The number of nitrogens with two attached hydrogens (primary N) is 3. The molecule has 11 N–H and O–H groups in total. The Hall–Kier alpha value is -4.00. The zero-order valence-electron chi connectivity index (χ0n) is 23.8. The fourth-order valence-corrected chi connectivity index (χ4v) is 4.35. The summed E-state index contributed by atoms with van der Waals surface area (Å²) in [7, 11) is 0. The SMILES string of the molecule is NCCCCC(N)C(=O)NC(Cc1ccc(O)cc1)C(=O)NC(Cc1ccccc1)C(=O)NC(CCCCN)C(=O)O. The Morgan fingerprint density at radius 3 is 1.64 bits per heavy atom. The van der Waals surface area contributed by atoms with E-state index in [9.17, 15) is 29.4 Å². The van der Waals surface area contributed by atoms with E-state index in [1.165, 1.54) is 12.1 Å². The maximum absolute atomic E-state index is 13.6. The molecule has 42 heavy (non-hydrogen) atoms. The summed E-state index contributed by atoms with van der Waals surface area (Å²) in [5, 5.41) is 27.3. The summed E-state index contributed by atoms with van der Waals surface area (Å²) in [6.07, 6.45) is 3.19. The van der Waals surface area contributed by atoms with E-state index in [1.54, 1.807) is 36.4 Å². The lowest BCUT2D eigenvalue weighted by atomic mass is 10.0. The molecule has 0 saturated heterocycles. The normalized spacial score (nSPS) is 13.8. The molecule has 0 aliphatic rings. The van der Waals surface area contributed by atoms with Gasteiger partial charge in [-0.2, -0.15) is 0 Å². The molecule has 12 nitrogen and oxygen atoms in total. The summed E-state index contributed by atoms with van der Waals surface area (Å²) < 4.78 is 0. The smallest absolute Gasteiger partial charge is 0.326 e. The van der Waals surface area contributed by atoms with E-state index in [0.717, 1.165) is 5.56 Å². The van der Waals surface area contributed by atoms with E-state index in [4.69, 9.17) is 17.2 Å². The second-order valence-electron chi connectivity index (χ2n) is 10.3. The Kier molecular flexibility index (Phi) is 15.0. The van der Waals surface area contributed by atoms with E-state index in [0.29, 0.717) is 50.8 Å². The molecule has 0 fully saturated rings. The van der Waals surface area contributed by atoms with E-state index in [1.807, 2.05) is 6.07 Å². The van der Waals surface area contributed by atoms with Crippen LogP contribution in [0.3, 0.4) is 0 Å². The van der Waals surface area contributed by atoms with Crippen molar-refractivity contribution in [1.29, 1.82) is 0 Å². The first-order valence-electron chi connectivity index (χ1n) is 14.3. The average Bonchev–Trinajstić information content (AvgIpc) is 2.97. The van der Waals surface area contributed by atoms with Crippen LogP contribution in [0.25, 0.3) is 0 Å². The highest BCUT2D eigenvalue weighted by Crippen LogP contribution is 2.13. The number of benzene rings is 2. The van der Waals surface area contributed by atoms with Crippen LogP contribution in [-0.4, -0.2) is 71.2 Å². The van der Waals surface area contributed by atoms with Gasteiger partial charge in [0, 0.05) is 12.8 Å². The third kappa shape index (κ3) is 12.2. The zero-order valence-corrected chi connectivity index (χ0v) is 23.8. The number of aliphatic carboxylic acids is 1. The first-order valence-corrected chi connectivity index (χ1v) is 14.3. The van der Waals surface area contributed by atoms with Crippen molar-refractivity contribution in [3.05, 3.63) is 65.7 Å². The molecule has 4 atom stereocenters. The van der Waals surface area contributed by atoms with Crippen LogP contribution in [0.1, 0.15) is 49.7 Å². The molecule has 0 spiro atoms. The molecule has 0 aliphatic heterocycles. The molecular weight excluding hydrogens is 540 g/mol. The van der Waals surface area contributed by atoms with Crippen molar-refractivity contribution in [2.24, 2.45) is 17.2 Å². The van der Waals surface area contributed by atoms with Gasteiger partial charge >= 0.3 is 5.97 Å². The molecule has 0 bridgehead atoms. The monoisotopic (exact) mass is 584 g/mol. The lowest BCUT2D eigenvalue weighted by Crippen LogP contribution is -2.58. The van der Waals surface area contributed by atoms with Crippen LogP contribution in [0.4, 0.5) is 0 Å². The van der Waals surface area contributed by atoms with Gasteiger partial charge < -0.3 is 43.4 Å². The molecule has 2 aromatic rings. The van der Waals surface area contributed by atoms with Crippen LogP contribution in [-0.2, 0) is 32.0 Å². The lowest BCUT2D eigenvalue weighted by Gasteiger charge is -2.25. The Morgan fingerprint density at radius 1 is 0.643 bits per heavy atom. The summed E-state index contributed by atoms with van der Waals surface area (Å²) in [4.78, 5) is 51.7. The van der Waals surface area contributed by atoms with Gasteiger partial charge in [0.05, 0.1) is 6.04 Å². The number of hydrogen-bond donors (Lipinski definition) is 8. The summed E-state index contributed by atoms with van der Waals surface area (Å²) >= 11 is 0. The number of phenols is 1. The van der Waals surface area contributed by atoms with Crippen molar-refractivity contribution in [1.82, 2.24) is 16.0 Å². The third-order valence-electron chi connectivity index (χ3n) is 6.79. The van der Waals surface area contributed by atoms with Crippen molar-refractivity contribution < 1.29 is 29.4 Å². The van der Waals surface area contributed by atoms with Crippen LogP contribution < -0.4 is 33.2 Å². The molecule has 0 saturated carbocycles. The van der Waals surface area contributed by atoms with Gasteiger partial charge in [0.15, 0.2) is 0 Å². The number of amides is 3. The van der Waals surface area contributed by atoms with Crippen LogP contribution >= 0.6 is 0 Å². The molecule has 230 valence electrons. The Morgan fingerprint density at radius 2 is 1.12 bits per heavy atom. The Labute approximate surface area is 246 Å². The van der Waals surface area contributed by atoms with Gasteiger partial charge in [-0.1, -0.05) is 48.9 Å². The molecule has 0 radical (unpaired) electrons. The van der Waals surface area contributed by atoms with Crippen LogP contribution in [0, 0.1) is 0 Å². The minimum absolute atomic E-state index is 0.0461. The predicted octanol–water partition coefficient (Wildman–Crippen LogP) is 0.302. The first kappa shape index (κ1) is 34.2. The van der Waals surface area contributed by atoms with E-state index in [2.05, 4.69) is 16.0 Å². The maximum atomic E-state index is 13.6. The summed E-state index contributed by atoms with van der Waals surface area (Å²) in [6, 6.07) is 10.9. The summed E-state index contributed by atoms with van der Waals surface area (Å²) in [5.74, 6) is -2.98. The number of carbonyl (C=O) groups is 4. The van der Waals surface area contributed by atoms with Crippen molar-refractivity contribution in [2.75, 3.05) is 13.1 Å². The number of carbonyl (C=O) groups excluding carboxylic acids is 3. The van der Waals surface area contributed by atoms with E-state index >= 15 is 0 Å². The van der Waals surface area contributed by atoms with Gasteiger partial charge in [-0.25, -0.2) is 4.79 Å². The molecule has 0 heterocycles. The first-order chi connectivity index (χ1) is 20.1. The number of nitrogens with one attached hydrogen (secondary N) is 3. The molecule has 12 heteroatoms. The number of carboxylic acids is 1. The highest BCUT2D eigenvalue weighted by molar-refractivity contribution is 5.94. The minimum Gasteiger partial charge on any atom is -0.508 e. The van der Waals surface area contributed by atoms with Crippen molar-refractivity contribution in [3.63, 3.8) is 0 Å². The average molecular weight is 585 g/mol. The number of hydrogen-bond acceptors (Lipinski definition) is 8. The fraction of sp³-hybridized carbons (Fsp3) is 0.467. The van der Waals surface area contributed by atoms with Crippen LogP contribution in [0.5, 0.6) is 5.75 Å². The van der Waals surface area contributed by atoms with Gasteiger partial charge in [-0.15, -0.1) is 0 Å². The number of unbranched alkanes of at least 4 members (excludes halogenated alkanes) is 2. The van der Waals surface area contributed by atoms with Crippen molar-refractivity contribution in [3.8, 4) is 5.75 Å². The maximum Gasteiger partial charge on any atom is 0.326 e. The molecular formula is C30H44N6O6. The summed E-state index contributed by atoms with van der Waals surface area (Å²) in [5.41, 5.74) is 18.5. The highest BCUT2D eigenvalue weighted by atomic mass is 16.4. The molecule has 4 unspecified atom stereocenters. The third-order valence-corrected chi connectivity index (χ3v) is 6.79. The molecule has 3 amide bonds. The predicted molar refractivity (Wildman–Crippen MR) is 159 cm³/mol. The number of carboxylic acid groups (broad SMARTS) is 1. The van der Waals surface area contributed by atoms with Crippen molar-refractivity contribution >= 4 is 23.7 Å². The largest absolute Gasteiger partial charge is 0.508 e. The quantitative estimate of drug-likeness (QED) is 0.106. The van der Waals surface area contributed by atoms with Gasteiger partial charge in [0.25, 0.3) is 0 Å². The molecule has 0 aliphatic carbocycles. The second-order valence-corrected chi connectivity index (χ2v) is 10.3. The summed E-state index contributed by atoms with van der Waals surface area (Å²) in [6.45, 7) is 0.874. The van der Waals surface area contributed by atoms with E-state index < -0.39 is 47.9 Å². The minimum atomic E-state index is -1.19. The standard InChI is InChI=1S/C30H44N6O6/c31-16-6-4-10-23(33)27(38)35-25(19-21-12-14-22(37)15-13-21)29(40)36-26(18-20-8-2-1-3-9-20)28(39)34-24(30(41)42)11-5-7-17-32/h1-3,8-9,12-15,23-26,37H,4-7,10-11,16-19,31-33H2,(H,34,39)(H,35,38)(H,36,40)(H,41,42). The van der Waals surface area contributed by atoms with Crippen LogP contribution in [0.2, 0.25) is 0 Å². The number of phenolic OH excluding ortho intramolecular Hbond substituents is 1. The van der Waals surface area contributed by atoms with Gasteiger partial charge in [0.1, 0.15) is 23.9 Å².